The van der Waals surface area contributed by atoms with Gasteiger partial charge < -0.3 is 15.2 Å². The van der Waals surface area contributed by atoms with E-state index in [0.29, 0.717) is 0 Å². The lowest BCUT2D eigenvalue weighted by molar-refractivity contribution is -0.265. The van der Waals surface area contributed by atoms with Gasteiger partial charge in [0.15, 0.2) is 5.60 Å². The molecule has 0 saturated carbocycles. The van der Waals surface area contributed by atoms with Gasteiger partial charge in [-0.1, -0.05) is 36.4 Å². The van der Waals surface area contributed by atoms with Gasteiger partial charge in [-0.2, -0.15) is 13.2 Å². The number of nitrogens with one attached hydrogen (secondary N) is 1. The van der Waals surface area contributed by atoms with Crippen molar-refractivity contribution in [3.05, 3.63) is 70.1 Å². The smallest absolute Gasteiger partial charge is 0.422 e. The summed E-state index contributed by atoms with van der Waals surface area (Å²) in [6.07, 6.45) is -4.80. The van der Waals surface area contributed by atoms with E-state index in [1.54, 1.807) is 26.0 Å². The summed E-state index contributed by atoms with van der Waals surface area (Å²) in [6, 6.07) is 11.3. The Balaban J connectivity index is 2.36. The lowest BCUT2D eigenvalue weighted by Crippen LogP contribution is -2.43. The number of alkyl halides is 3. The van der Waals surface area contributed by atoms with E-state index in [2.05, 4.69) is 5.32 Å². The number of thiophene rings is 1. The summed E-state index contributed by atoms with van der Waals surface area (Å²) in [6.45, 7) is 3.45. The Kier molecular flexibility index (Phi) is 7.26. The van der Waals surface area contributed by atoms with Gasteiger partial charge in [0.25, 0.3) is 0 Å². The second-order valence-corrected chi connectivity index (χ2v) is 7.16. The maximum absolute atomic E-state index is 13.8. The molecule has 0 fully saturated rings. The molecule has 0 aliphatic heterocycles. The highest BCUT2D eigenvalue weighted by molar-refractivity contribution is 7.10. The van der Waals surface area contributed by atoms with Gasteiger partial charge in [-0.25, -0.2) is 4.79 Å². The molecule has 1 heterocycles. The Morgan fingerprint density at radius 2 is 1.93 bits per heavy atom. The van der Waals surface area contributed by atoms with Crippen LogP contribution in [0.15, 0.2) is 59.6 Å². The van der Waals surface area contributed by atoms with Crippen molar-refractivity contribution < 1.29 is 27.8 Å². The SMILES string of the molecule is CCOC(=O)C=C(C[C@@](O)(c1cccs1)C(F)(F)F)N[C@H](C)c1ccccc1. The molecule has 2 rings (SSSR count). The summed E-state index contributed by atoms with van der Waals surface area (Å²) in [5.41, 5.74) is -2.37. The van der Waals surface area contributed by atoms with E-state index in [-0.39, 0.29) is 23.2 Å². The van der Waals surface area contributed by atoms with Crippen LogP contribution >= 0.6 is 11.3 Å². The monoisotopic (exact) mass is 413 g/mol. The Morgan fingerprint density at radius 3 is 2.46 bits per heavy atom. The first-order chi connectivity index (χ1) is 13.2. The number of benzene rings is 1. The number of carbonyl (C=O) groups is 1. The molecule has 28 heavy (non-hydrogen) atoms. The summed E-state index contributed by atoms with van der Waals surface area (Å²) >= 11 is 0.802. The Hall–Kier alpha value is -2.32. The second kappa shape index (κ2) is 9.25. The van der Waals surface area contributed by atoms with Crippen LogP contribution < -0.4 is 5.32 Å². The molecule has 4 nitrogen and oxygen atoms in total. The van der Waals surface area contributed by atoms with Gasteiger partial charge in [0.2, 0.25) is 0 Å². The van der Waals surface area contributed by atoms with E-state index >= 15 is 0 Å². The minimum Gasteiger partial charge on any atom is -0.463 e. The fourth-order valence-corrected chi connectivity index (χ4v) is 3.53. The van der Waals surface area contributed by atoms with Crippen molar-refractivity contribution in [2.24, 2.45) is 0 Å². The molecule has 0 spiro atoms. The van der Waals surface area contributed by atoms with Crippen LogP contribution in [-0.4, -0.2) is 23.9 Å². The molecule has 152 valence electrons. The molecule has 1 aromatic carbocycles. The average molecular weight is 413 g/mol. The third-order valence-corrected chi connectivity index (χ3v) is 5.15. The zero-order valence-corrected chi connectivity index (χ0v) is 16.3. The van der Waals surface area contributed by atoms with Crippen molar-refractivity contribution in [1.82, 2.24) is 5.32 Å². The highest BCUT2D eigenvalue weighted by Gasteiger charge is 2.56. The van der Waals surface area contributed by atoms with E-state index in [1.807, 2.05) is 18.2 Å². The van der Waals surface area contributed by atoms with Gasteiger partial charge in [-0.15, -0.1) is 11.3 Å². The lowest BCUT2D eigenvalue weighted by atomic mass is 9.94. The fraction of sp³-hybridized carbons (Fsp3) is 0.350. The molecule has 8 heteroatoms. The second-order valence-electron chi connectivity index (χ2n) is 6.21. The van der Waals surface area contributed by atoms with Crippen molar-refractivity contribution in [1.29, 1.82) is 0 Å². The van der Waals surface area contributed by atoms with Crippen molar-refractivity contribution in [3.63, 3.8) is 0 Å². The molecule has 0 aliphatic rings. The van der Waals surface area contributed by atoms with Gasteiger partial charge in [0, 0.05) is 29.1 Å². The molecule has 2 atom stereocenters. The minimum absolute atomic E-state index is 0.0666. The van der Waals surface area contributed by atoms with Crippen LogP contribution in [0.4, 0.5) is 13.2 Å². The largest absolute Gasteiger partial charge is 0.463 e. The lowest BCUT2D eigenvalue weighted by Gasteiger charge is -2.31. The standard InChI is InChI=1S/C20H22F3NO3S/c1-3-27-18(25)12-16(24-14(2)15-8-5-4-6-9-15)13-19(26,20(21,22)23)17-10-7-11-28-17/h4-12,14,24,26H,3,13H2,1-2H3/t14-,19-/m1/s1. The first-order valence-corrected chi connectivity index (χ1v) is 9.57. The van der Waals surface area contributed by atoms with Crippen LogP contribution in [0.3, 0.4) is 0 Å². The summed E-state index contributed by atoms with van der Waals surface area (Å²) < 4.78 is 46.1. The van der Waals surface area contributed by atoms with Gasteiger partial charge in [0.1, 0.15) is 0 Å². The highest BCUT2D eigenvalue weighted by atomic mass is 32.1. The number of rotatable bonds is 8. The number of halogens is 3. The van der Waals surface area contributed by atoms with Gasteiger partial charge in [-0.3, -0.25) is 0 Å². The van der Waals surface area contributed by atoms with E-state index in [1.165, 1.54) is 17.5 Å². The van der Waals surface area contributed by atoms with Crippen LogP contribution in [0.25, 0.3) is 0 Å². The molecule has 2 aromatic rings. The molecule has 2 N–H and O–H groups in total. The van der Waals surface area contributed by atoms with Crippen molar-refractivity contribution in [2.45, 2.75) is 38.1 Å². The molecular weight excluding hydrogens is 391 g/mol. The number of esters is 1. The van der Waals surface area contributed by atoms with Gasteiger partial charge >= 0.3 is 12.1 Å². The molecule has 1 aromatic heterocycles. The molecule has 0 aliphatic carbocycles. The average Bonchev–Trinajstić information content (AvgIpc) is 3.16. The van der Waals surface area contributed by atoms with Gasteiger partial charge in [0.05, 0.1) is 6.61 Å². The van der Waals surface area contributed by atoms with Gasteiger partial charge in [-0.05, 0) is 30.9 Å². The molecule has 0 bridgehead atoms. The summed E-state index contributed by atoms with van der Waals surface area (Å²) in [5, 5.41) is 14.9. The molecule has 0 unspecified atom stereocenters. The van der Waals surface area contributed by atoms with E-state index in [0.717, 1.165) is 23.0 Å². The number of carbonyl (C=O) groups excluding carboxylic acids is 1. The third kappa shape index (κ3) is 5.36. The summed E-state index contributed by atoms with van der Waals surface area (Å²) in [4.78, 5) is 11.6. The first-order valence-electron chi connectivity index (χ1n) is 8.69. The molecule has 0 saturated heterocycles. The third-order valence-electron chi connectivity index (χ3n) is 4.12. The van der Waals surface area contributed by atoms with Crippen LogP contribution in [0.1, 0.15) is 36.8 Å². The predicted molar refractivity (Wildman–Crippen MR) is 102 cm³/mol. The van der Waals surface area contributed by atoms with E-state index in [9.17, 15) is 23.1 Å². The number of aliphatic hydroxyl groups is 1. The van der Waals surface area contributed by atoms with Crippen LogP contribution in [-0.2, 0) is 15.1 Å². The number of hydrogen-bond donors (Lipinski definition) is 2. The van der Waals surface area contributed by atoms with Crippen molar-refractivity contribution in [3.8, 4) is 0 Å². The fourth-order valence-electron chi connectivity index (χ4n) is 2.69. The number of ether oxygens (including phenoxy) is 1. The molecular formula is C20H22F3NO3S. The number of hydrogen-bond acceptors (Lipinski definition) is 5. The predicted octanol–water partition coefficient (Wildman–Crippen LogP) is 4.69. The summed E-state index contributed by atoms with van der Waals surface area (Å²) in [7, 11) is 0. The highest BCUT2D eigenvalue weighted by Crippen LogP contribution is 2.45. The Bertz CT molecular complexity index is 791. The van der Waals surface area contributed by atoms with E-state index in [4.69, 9.17) is 4.74 Å². The van der Waals surface area contributed by atoms with Crippen LogP contribution in [0, 0.1) is 0 Å². The maximum Gasteiger partial charge on any atom is 0.422 e. The van der Waals surface area contributed by atoms with Crippen LogP contribution in [0.5, 0.6) is 0 Å². The quantitative estimate of drug-likeness (QED) is 0.487. The summed E-state index contributed by atoms with van der Waals surface area (Å²) in [5.74, 6) is -0.777. The molecule has 0 amide bonds. The van der Waals surface area contributed by atoms with Crippen LogP contribution in [0.2, 0.25) is 0 Å². The minimum atomic E-state index is -4.93. The first kappa shape index (κ1) is 22.0. The van der Waals surface area contributed by atoms with Crippen molar-refractivity contribution >= 4 is 17.3 Å². The Labute approximate surface area is 165 Å². The van der Waals surface area contributed by atoms with E-state index < -0.39 is 24.2 Å². The Morgan fingerprint density at radius 1 is 1.25 bits per heavy atom. The maximum atomic E-state index is 13.8. The molecule has 0 radical (unpaired) electrons. The van der Waals surface area contributed by atoms with Crippen molar-refractivity contribution in [2.75, 3.05) is 6.61 Å². The normalized spacial score (nSPS) is 15.6. The topological polar surface area (TPSA) is 58.6 Å². The zero-order valence-electron chi connectivity index (χ0n) is 15.5. The zero-order chi connectivity index (χ0) is 20.8.